The molecule has 25 nitrogen and oxygen atoms in total. The van der Waals surface area contributed by atoms with Gasteiger partial charge in [0.1, 0.15) is 11.7 Å². The maximum atomic E-state index is 13.3. The third kappa shape index (κ3) is 16.6. The van der Waals surface area contributed by atoms with E-state index in [1.54, 1.807) is 92.3 Å². The Bertz CT molecular complexity index is 3090. The second-order valence-corrected chi connectivity index (χ2v) is 19.9. The summed E-state index contributed by atoms with van der Waals surface area (Å²) in [6.45, 7) is 9.39. The van der Waals surface area contributed by atoms with Crippen LogP contribution in [0, 0.1) is 5.92 Å². The van der Waals surface area contributed by atoms with Crippen molar-refractivity contribution in [2.75, 3.05) is 83.6 Å². The molecule has 3 aliphatic heterocycles. The van der Waals surface area contributed by atoms with Crippen molar-refractivity contribution in [1.82, 2.24) is 39.9 Å². The van der Waals surface area contributed by atoms with Gasteiger partial charge in [0.25, 0.3) is 29.5 Å². The average Bonchev–Trinajstić information content (AvgIpc) is 4.33. The fraction of sp³-hybridized carbons (Fsp3) is 0.421. The monoisotopic (exact) mass is 1130 g/mol. The maximum absolute atomic E-state index is 13.3. The number of aryl methyl sites for hydroxylation is 2. The van der Waals surface area contributed by atoms with Crippen molar-refractivity contribution in [2.45, 2.75) is 64.5 Å². The molecule has 2 aromatic heterocycles. The zero-order chi connectivity index (χ0) is 58.9. The van der Waals surface area contributed by atoms with Gasteiger partial charge >= 0.3 is 5.97 Å². The molecular weight excluding hydrogens is 1060 g/mol. The molecule has 1 saturated heterocycles. The third-order valence-corrected chi connectivity index (χ3v) is 13.3. The van der Waals surface area contributed by atoms with Crippen LogP contribution in [0.5, 0.6) is 11.5 Å². The van der Waals surface area contributed by atoms with Crippen molar-refractivity contribution in [3.8, 4) is 22.6 Å². The average molecular weight is 1130 g/mol. The SMILES string of the molecule is C=C1C[C@H]2C=Nc3cc(OCCCC(=O)Nc4cn(C)c(C(=O)Nc5ccc(-c6cc(C(=O)NCCCOC(=O)[C@@H](NC(=O)CCOCCOCCNC(=O)CCN7C(=O)C=CC7=O)C(C)C)n(C)c6)cc5)n4)c(OC)cc3C(=O)N2C1. The summed E-state index contributed by atoms with van der Waals surface area (Å²) in [5.41, 5.74) is 4.28. The molecule has 5 N–H and O–H groups in total. The van der Waals surface area contributed by atoms with Crippen LogP contribution in [0.15, 0.2) is 84.2 Å². The molecule has 0 aliphatic carbocycles. The summed E-state index contributed by atoms with van der Waals surface area (Å²) in [7, 11) is 4.87. The number of aliphatic imine (C=N–C) groups is 1. The van der Waals surface area contributed by atoms with Gasteiger partial charge in [0, 0.05) is 108 Å². The van der Waals surface area contributed by atoms with Crippen LogP contribution in [0.3, 0.4) is 0 Å². The van der Waals surface area contributed by atoms with E-state index >= 15 is 0 Å². The van der Waals surface area contributed by atoms with E-state index in [-0.39, 0.29) is 126 Å². The zero-order valence-electron chi connectivity index (χ0n) is 46.6. The summed E-state index contributed by atoms with van der Waals surface area (Å²) in [5.74, 6) is -2.75. The molecule has 8 amide bonds. The van der Waals surface area contributed by atoms with Gasteiger partial charge < -0.3 is 64.3 Å². The second kappa shape index (κ2) is 29.0. The predicted octanol–water partition coefficient (Wildman–Crippen LogP) is 3.63. The lowest BCUT2D eigenvalue weighted by Gasteiger charge is -2.21. The number of hydrogen-bond donors (Lipinski definition) is 5. The van der Waals surface area contributed by atoms with E-state index in [9.17, 15) is 43.2 Å². The minimum absolute atomic E-state index is 0.00290. The Hall–Kier alpha value is -8.97. The number of hydrogen-bond acceptors (Lipinski definition) is 16. The van der Waals surface area contributed by atoms with Crippen molar-refractivity contribution in [3.63, 3.8) is 0 Å². The Balaban J connectivity index is 0.752. The van der Waals surface area contributed by atoms with Crippen LogP contribution in [-0.4, -0.2) is 168 Å². The van der Waals surface area contributed by atoms with Crippen molar-refractivity contribution in [1.29, 1.82) is 0 Å². The number of imide groups is 1. The third-order valence-electron chi connectivity index (χ3n) is 13.3. The number of aromatic nitrogens is 3. The Morgan fingerprint density at radius 2 is 1.49 bits per heavy atom. The largest absolute Gasteiger partial charge is 0.493 e. The summed E-state index contributed by atoms with van der Waals surface area (Å²) in [5, 5.41) is 13.7. The predicted molar refractivity (Wildman–Crippen MR) is 300 cm³/mol. The molecule has 0 unspecified atom stereocenters. The normalized spacial score (nSPS) is 14.8. The highest BCUT2D eigenvalue weighted by Crippen LogP contribution is 2.38. The van der Waals surface area contributed by atoms with Gasteiger partial charge in [-0.15, -0.1) is 0 Å². The van der Waals surface area contributed by atoms with Gasteiger partial charge in [-0.1, -0.05) is 38.1 Å². The first-order chi connectivity index (χ1) is 39.4. The number of fused-ring (bicyclic) bond motifs is 2. The summed E-state index contributed by atoms with van der Waals surface area (Å²) in [4.78, 5) is 125. The Morgan fingerprint density at radius 3 is 2.22 bits per heavy atom. The standard InChI is InChI=1S/C57H69N11O14/c1-35(2)52(64-49(71)17-23-79-25-26-80-24-19-58-47(69)16-20-67-50(72)14-15-51(67)73)57(77)82-22-8-18-59-54(74)43-28-38(33-65(43)4)37-10-12-39(13-11-37)61-55(75)53-63-46(34-66(53)5)62-48(70)9-7-21-81-45-30-42-41(29-44(45)78-6)56(76)68-32-36(3)27-40(68)31-60-42/h10-15,28-31,33-35,40,52H,3,7-9,16-27,32H2,1-2,4-6H3,(H,58,69)(H,59,74)(H,61,75)(H,62,70)(H,64,71)/t40-,52-/m0/s1. The number of anilines is 2. The van der Waals surface area contributed by atoms with Gasteiger partial charge in [-0.2, -0.15) is 0 Å². The molecule has 1 fully saturated rings. The maximum Gasteiger partial charge on any atom is 0.328 e. The Kier molecular flexibility index (Phi) is 21.4. The molecule has 2 atom stereocenters. The molecule has 0 bridgehead atoms. The van der Waals surface area contributed by atoms with Crippen LogP contribution in [0.25, 0.3) is 11.1 Å². The molecular formula is C57H69N11O14. The Morgan fingerprint density at radius 1 is 0.744 bits per heavy atom. The first kappa shape index (κ1) is 60.7. The molecule has 2 aromatic carbocycles. The minimum Gasteiger partial charge on any atom is -0.493 e. The van der Waals surface area contributed by atoms with E-state index in [1.165, 1.54) is 17.9 Å². The van der Waals surface area contributed by atoms with E-state index in [1.807, 2.05) is 0 Å². The molecule has 3 aliphatic rings. The molecule has 7 rings (SSSR count). The second-order valence-electron chi connectivity index (χ2n) is 19.9. The van der Waals surface area contributed by atoms with Crippen LogP contribution in [0.4, 0.5) is 17.2 Å². The number of rotatable bonds is 30. The zero-order valence-corrected chi connectivity index (χ0v) is 46.6. The fourth-order valence-corrected chi connectivity index (χ4v) is 8.92. The number of carbonyl (C=O) groups excluding carboxylic acids is 9. The molecule has 5 heterocycles. The first-order valence-corrected chi connectivity index (χ1v) is 26.9. The van der Waals surface area contributed by atoms with Crippen LogP contribution in [0.1, 0.15) is 83.8 Å². The lowest BCUT2D eigenvalue weighted by Crippen LogP contribution is -2.45. The van der Waals surface area contributed by atoms with Gasteiger partial charge in [0.15, 0.2) is 17.3 Å². The summed E-state index contributed by atoms with van der Waals surface area (Å²) < 4.78 is 31.0. The smallest absolute Gasteiger partial charge is 0.328 e. The molecule has 25 heteroatoms. The Labute approximate surface area is 473 Å². The minimum atomic E-state index is -0.890. The van der Waals surface area contributed by atoms with Crippen LogP contribution in [0.2, 0.25) is 0 Å². The number of nitrogens with zero attached hydrogens (tertiary/aromatic N) is 6. The highest BCUT2D eigenvalue weighted by Gasteiger charge is 2.34. The van der Waals surface area contributed by atoms with Crippen molar-refractivity contribution >= 4 is 76.6 Å². The number of ether oxygens (including phenoxy) is 5. The van der Waals surface area contributed by atoms with Crippen molar-refractivity contribution < 1.29 is 66.8 Å². The summed E-state index contributed by atoms with van der Waals surface area (Å²) in [6.07, 6.45) is 8.83. The van der Waals surface area contributed by atoms with Crippen LogP contribution >= 0.6 is 0 Å². The van der Waals surface area contributed by atoms with Crippen molar-refractivity contribution in [3.05, 3.63) is 96.2 Å². The van der Waals surface area contributed by atoms with E-state index in [4.69, 9.17) is 23.7 Å². The van der Waals surface area contributed by atoms with E-state index in [2.05, 4.69) is 43.1 Å². The van der Waals surface area contributed by atoms with Gasteiger partial charge in [0.05, 0.1) is 64.0 Å². The number of benzene rings is 2. The van der Waals surface area contributed by atoms with Crippen molar-refractivity contribution in [2.24, 2.45) is 25.0 Å². The quantitative estimate of drug-likeness (QED) is 0.0216. The molecule has 436 valence electrons. The van der Waals surface area contributed by atoms with E-state index < -0.39 is 35.6 Å². The van der Waals surface area contributed by atoms with E-state index in [0.29, 0.717) is 59.9 Å². The van der Waals surface area contributed by atoms with Gasteiger partial charge in [-0.3, -0.25) is 48.2 Å². The fourth-order valence-electron chi connectivity index (χ4n) is 8.92. The number of imidazole rings is 1. The van der Waals surface area contributed by atoms with Crippen LogP contribution < -0.4 is 36.1 Å². The number of carbonyl (C=O) groups is 9. The van der Waals surface area contributed by atoms with Crippen LogP contribution in [-0.2, 0) is 57.1 Å². The van der Waals surface area contributed by atoms with Gasteiger partial charge in [-0.05, 0) is 55.0 Å². The summed E-state index contributed by atoms with van der Waals surface area (Å²) >= 11 is 0. The lowest BCUT2D eigenvalue weighted by atomic mass is 10.0. The molecule has 82 heavy (non-hydrogen) atoms. The molecule has 0 spiro atoms. The molecule has 4 aromatic rings. The van der Waals surface area contributed by atoms with Gasteiger partial charge in [0.2, 0.25) is 23.5 Å². The number of nitrogens with one attached hydrogen (secondary N) is 5. The van der Waals surface area contributed by atoms with Gasteiger partial charge in [-0.25, -0.2) is 9.78 Å². The first-order valence-electron chi connectivity index (χ1n) is 26.9. The number of amides is 8. The summed E-state index contributed by atoms with van der Waals surface area (Å²) in [6, 6.07) is 11.0. The molecule has 0 saturated carbocycles. The highest BCUT2D eigenvalue weighted by molar-refractivity contribution is 6.13. The number of esters is 1. The molecule has 0 radical (unpaired) electrons. The topological polar surface area (TPSA) is 302 Å². The lowest BCUT2D eigenvalue weighted by molar-refractivity contribution is -0.149. The number of methoxy groups -OCH3 is 1. The highest BCUT2D eigenvalue weighted by atomic mass is 16.5. The van der Waals surface area contributed by atoms with E-state index in [0.717, 1.165) is 33.8 Å².